The molecule has 7 nitrogen and oxygen atoms in total. The molecule has 2 N–H and O–H groups in total. The quantitative estimate of drug-likeness (QED) is 0.255. The number of anilines is 1. The Morgan fingerprint density at radius 3 is 2.30 bits per heavy atom. The highest BCUT2D eigenvalue weighted by atomic mass is 32.2. The second-order valence-corrected chi connectivity index (χ2v) is 12.3. The number of carbonyl (C=O) groups excluding carboxylic acids is 3. The topological polar surface area (TPSA) is 87.7 Å². The van der Waals surface area contributed by atoms with E-state index in [9.17, 15) is 14.4 Å². The van der Waals surface area contributed by atoms with Crippen LogP contribution in [-0.2, 0) is 14.3 Å². The average molecular weight is 570 g/mol. The van der Waals surface area contributed by atoms with E-state index in [2.05, 4.69) is 17.6 Å². The van der Waals surface area contributed by atoms with Crippen molar-refractivity contribution >= 4 is 35.4 Å². The zero-order chi connectivity index (χ0) is 29.9. The first-order valence-corrected chi connectivity index (χ1v) is 15.5. The molecule has 2 aromatic rings. The van der Waals surface area contributed by atoms with E-state index >= 15 is 0 Å². The number of aryl methyl sites for hydroxylation is 3. The van der Waals surface area contributed by atoms with E-state index in [-0.39, 0.29) is 11.8 Å². The lowest BCUT2D eigenvalue weighted by molar-refractivity contribution is -0.141. The number of amides is 3. The number of alkyl carbamates (subject to hydrolysis) is 1. The Morgan fingerprint density at radius 2 is 1.70 bits per heavy atom. The number of ether oxygens (including phenoxy) is 1. The fraction of sp³-hybridized carbons (Fsp3) is 0.531. The molecule has 2 aromatic carbocycles. The van der Waals surface area contributed by atoms with Crippen molar-refractivity contribution in [2.24, 2.45) is 0 Å². The number of rotatable bonds is 13. The lowest BCUT2D eigenvalue weighted by Crippen LogP contribution is -2.53. The van der Waals surface area contributed by atoms with Crippen molar-refractivity contribution in [3.63, 3.8) is 0 Å². The van der Waals surface area contributed by atoms with E-state index in [1.807, 2.05) is 69.5 Å². The number of carbonyl (C=O) groups is 3. The molecule has 0 heterocycles. The Labute approximate surface area is 244 Å². The van der Waals surface area contributed by atoms with E-state index in [0.29, 0.717) is 24.4 Å². The molecule has 0 radical (unpaired) electrons. The number of hydrogen-bond donors (Lipinski definition) is 2. The third-order valence-corrected chi connectivity index (χ3v) is 7.21. The number of hydrogen-bond acceptors (Lipinski definition) is 5. The maximum absolute atomic E-state index is 14.3. The lowest BCUT2D eigenvalue weighted by Gasteiger charge is -2.35. The van der Waals surface area contributed by atoms with Crippen molar-refractivity contribution in [2.45, 2.75) is 91.8 Å². The van der Waals surface area contributed by atoms with Gasteiger partial charge in [0.1, 0.15) is 17.7 Å². The largest absolute Gasteiger partial charge is 0.444 e. The van der Waals surface area contributed by atoms with Gasteiger partial charge in [0.25, 0.3) is 5.91 Å². The molecule has 220 valence electrons. The minimum atomic E-state index is -0.873. The molecule has 3 amide bonds. The summed E-state index contributed by atoms with van der Waals surface area (Å²) in [5, 5.41) is 5.89. The molecule has 0 spiro atoms. The second kappa shape index (κ2) is 15.7. The molecule has 2 atom stereocenters. The van der Waals surface area contributed by atoms with Gasteiger partial charge in [-0.3, -0.25) is 9.59 Å². The third kappa shape index (κ3) is 10.2. The Kier molecular flexibility index (Phi) is 13.0. The predicted octanol–water partition coefficient (Wildman–Crippen LogP) is 6.96. The van der Waals surface area contributed by atoms with Crippen molar-refractivity contribution in [2.75, 3.05) is 23.9 Å². The minimum Gasteiger partial charge on any atom is -0.444 e. The molecule has 0 aliphatic carbocycles. The number of nitrogens with one attached hydrogen (secondary N) is 2. The van der Waals surface area contributed by atoms with Crippen molar-refractivity contribution in [1.82, 2.24) is 10.2 Å². The van der Waals surface area contributed by atoms with Gasteiger partial charge >= 0.3 is 6.09 Å². The molecule has 2 unspecified atom stereocenters. The van der Waals surface area contributed by atoms with Gasteiger partial charge in [-0.2, -0.15) is 11.8 Å². The van der Waals surface area contributed by atoms with Crippen molar-refractivity contribution in [3.8, 4) is 0 Å². The monoisotopic (exact) mass is 569 g/mol. The van der Waals surface area contributed by atoms with Crippen LogP contribution in [0.3, 0.4) is 0 Å². The second-order valence-electron chi connectivity index (χ2n) is 11.3. The van der Waals surface area contributed by atoms with Crippen LogP contribution in [0.25, 0.3) is 0 Å². The maximum Gasteiger partial charge on any atom is 0.408 e. The minimum absolute atomic E-state index is 0.285. The van der Waals surface area contributed by atoms with E-state index < -0.39 is 23.8 Å². The van der Waals surface area contributed by atoms with E-state index in [4.69, 9.17) is 4.74 Å². The number of thioether (sulfide) groups is 1. The van der Waals surface area contributed by atoms with Gasteiger partial charge in [-0.25, -0.2) is 4.79 Å². The van der Waals surface area contributed by atoms with E-state index in [1.165, 1.54) is 0 Å². The summed E-state index contributed by atoms with van der Waals surface area (Å²) in [5.41, 5.74) is 3.71. The third-order valence-electron chi connectivity index (χ3n) is 6.57. The van der Waals surface area contributed by atoms with Gasteiger partial charge < -0.3 is 20.3 Å². The molecular weight excluding hydrogens is 522 g/mol. The SMILES string of the molecule is CCCCCN(C(=O)C(CCSC)NC(=O)OC(C)(C)C)C(C(=O)Nc1ccccc1C)c1ccc(C)cc1C. The fourth-order valence-corrected chi connectivity index (χ4v) is 5.01. The normalized spacial score (nSPS) is 12.8. The molecule has 0 saturated carbocycles. The molecule has 0 aromatic heterocycles. The summed E-state index contributed by atoms with van der Waals surface area (Å²) in [6.45, 7) is 13.8. The van der Waals surface area contributed by atoms with Gasteiger partial charge in [0.15, 0.2) is 0 Å². The van der Waals surface area contributed by atoms with Crippen molar-refractivity contribution < 1.29 is 19.1 Å². The molecule has 0 saturated heterocycles. The zero-order valence-corrected chi connectivity index (χ0v) is 26.2. The standard InChI is InChI=1S/C32H47N3O4S/c1-9-10-13-19-35(30(37)27(18-20-40-8)34-31(38)39-32(5,6)7)28(25-17-16-22(2)21-24(25)4)29(36)33-26-15-12-11-14-23(26)3/h11-12,14-17,21,27-28H,9-10,13,18-20H2,1-8H3,(H,33,36)(H,34,38). The van der Waals surface area contributed by atoms with E-state index in [0.717, 1.165) is 41.5 Å². The fourth-order valence-electron chi connectivity index (χ4n) is 4.54. The summed E-state index contributed by atoms with van der Waals surface area (Å²) in [4.78, 5) is 42.9. The zero-order valence-electron chi connectivity index (χ0n) is 25.4. The van der Waals surface area contributed by atoms with Crippen LogP contribution in [0.5, 0.6) is 0 Å². The predicted molar refractivity (Wildman–Crippen MR) is 166 cm³/mol. The van der Waals surface area contributed by atoms with Crippen LogP contribution >= 0.6 is 11.8 Å². The molecular formula is C32H47N3O4S. The number of benzene rings is 2. The van der Waals surface area contributed by atoms with Crippen LogP contribution < -0.4 is 10.6 Å². The molecule has 0 aliphatic rings. The summed E-state index contributed by atoms with van der Waals surface area (Å²) < 4.78 is 5.49. The smallest absolute Gasteiger partial charge is 0.408 e. The van der Waals surface area contributed by atoms with Crippen molar-refractivity contribution in [3.05, 3.63) is 64.7 Å². The van der Waals surface area contributed by atoms with Crippen LogP contribution in [0.15, 0.2) is 42.5 Å². The van der Waals surface area contributed by atoms with Crippen molar-refractivity contribution in [1.29, 1.82) is 0 Å². The first kappa shape index (κ1) is 33.2. The Hall–Kier alpha value is -3.00. The highest BCUT2D eigenvalue weighted by Gasteiger charge is 2.36. The summed E-state index contributed by atoms with van der Waals surface area (Å²) in [5.74, 6) is 0.0893. The lowest BCUT2D eigenvalue weighted by atomic mass is 9.95. The number of nitrogens with zero attached hydrogens (tertiary/aromatic N) is 1. The average Bonchev–Trinajstić information content (AvgIpc) is 2.87. The Balaban J connectivity index is 2.58. The molecule has 40 heavy (non-hydrogen) atoms. The Morgan fingerprint density at radius 1 is 1.00 bits per heavy atom. The Bertz CT molecular complexity index is 1150. The molecule has 2 rings (SSSR count). The van der Waals surface area contributed by atoms with Crippen LogP contribution in [0, 0.1) is 20.8 Å². The van der Waals surface area contributed by atoms with Gasteiger partial charge in [0, 0.05) is 12.2 Å². The van der Waals surface area contributed by atoms with Crippen LogP contribution in [0.1, 0.15) is 81.7 Å². The molecule has 0 fully saturated rings. The van der Waals surface area contributed by atoms with Gasteiger partial charge in [-0.05, 0) is 89.1 Å². The maximum atomic E-state index is 14.3. The first-order valence-electron chi connectivity index (χ1n) is 14.1. The van der Waals surface area contributed by atoms with Crippen LogP contribution in [-0.4, -0.2) is 53.0 Å². The summed E-state index contributed by atoms with van der Waals surface area (Å²) in [6, 6.07) is 11.8. The summed E-state index contributed by atoms with van der Waals surface area (Å²) in [6.07, 6.45) is 4.36. The van der Waals surface area contributed by atoms with Gasteiger partial charge in [-0.15, -0.1) is 0 Å². The highest BCUT2D eigenvalue weighted by Crippen LogP contribution is 2.29. The number of para-hydroxylation sites is 1. The highest BCUT2D eigenvalue weighted by molar-refractivity contribution is 7.98. The first-order chi connectivity index (χ1) is 18.9. The van der Waals surface area contributed by atoms with Crippen LogP contribution in [0.2, 0.25) is 0 Å². The van der Waals surface area contributed by atoms with Gasteiger partial charge in [0.2, 0.25) is 5.91 Å². The summed E-state index contributed by atoms with van der Waals surface area (Å²) in [7, 11) is 0. The molecule has 8 heteroatoms. The summed E-state index contributed by atoms with van der Waals surface area (Å²) >= 11 is 1.60. The van der Waals surface area contributed by atoms with Crippen LogP contribution in [0.4, 0.5) is 10.5 Å². The molecule has 0 bridgehead atoms. The van der Waals surface area contributed by atoms with Gasteiger partial charge in [-0.1, -0.05) is 61.7 Å². The van der Waals surface area contributed by atoms with Gasteiger partial charge in [0.05, 0.1) is 0 Å². The number of unbranched alkanes of at least 4 members (excludes halogenated alkanes) is 2. The van der Waals surface area contributed by atoms with E-state index in [1.54, 1.807) is 37.4 Å². The molecule has 0 aliphatic heterocycles.